The van der Waals surface area contributed by atoms with Crippen molar-refractivity contribution in [3.05, 3.63) is 58.4 Å². The van der Waals surface area contributed by atoms with Crippen molar-refractivity contribution in [2.45, 2.75) is 63.8 Å². The number of halogens is 1. The average molecular weight is 373 g/mol. The van der Waals surface area contributed by atoms with Crippen molar-refractivity contribution in [3.8, 4) is 0 Å². The molecule has 1 aromatic heterocycles. The Bertz CT molecular complexity index is 804. The van der Waals surface area contributed by atoms with Gasteiger partial charge in [0.25, 0.3) is 5.91 Å². The summed E-state index contributed by atoms with van der Waals surface area (Å²) in [6.45, 7) is 4.28. The van der Waals surface area contributed by atoms with Gasteiger partial charge in [0.05, 0.1) is 23.4 Å². The number of aliphatic hydroxyl groups excluding tert-OH is 1. The molecule has 1 aliphatic carbocycles. The van der Waals surface area contributed by atoms with Gasteiger partial charge in [-0.2, -0.15) is 0 Å². The Morgan fingerprint density at radius 2 is 1.73 bits per heavy atom. The Morgan fingerprint density at radius 3 is 2.35 bits per heavy atom. The fourth-order valence-electron chi connectivity index (χ4n) is 4.44. The van der Waals surface area contributed by atoms with Gasteiger partial charge in [0, 0.05) is 23.3 Å². The van der Waals surface area contributed by atoms with E-state index in [1.165, 1.54) is 0 Å². The van der Waals surface area contributed by atoms with Crippen LogP contribution in [-0.4, -0.2) is 32.6 Å². The molecule has 1 saturated carbocycles. The van der Waals surface area contributed by atoms with Gasteiger partial charge in [0.1, 0.15) is 0 Å². The molecule has 0 radical (unpaired) electrons. The number of amides is 1. The van der Waals surface area contributed by atoms with Crippen LogP contribution in [-0.2, 0) is 0 Å². The maximum Gasteiger partial charge on any atom is 0.256 e. The Kier molecular flexibility index (Phi) is 4.57. The maximum atomic E-state index is 13.3. The van der Waals surface area contributed by atoms with Crippen molar-refractivity contribution >= 4 is 17.5 Å². The van der Waals surface area contributed by atoms with Crippen LogP contribution in [0.3, 0.4) is 0 Å². The van der Waals surface area contributed by atoms with Gasteiger partial charge >= 0.3 is 0 Å². The number of carbonyl (C=O) groups is 1. The van der Waals surface area contributed by atoms with E-state index in [1.54, 1.807) is 0 Å². The quantitative estimate of drug-likeness (QED) is 0.857. The second kappa shape index (κ2) is 6.75. The summed E-state index contributed by atoms with van der Waals surface area (Å²) in [7, 11) is 0. The number of benzene rings is 1. The minimum Gasteiger partial charge on any atom is -0.393 e. The third kappa shape index (κ3) is 2.85. The molecule has 1 N–H and O–H groups in total. The Morgan fingerprint density at radius 1 is 1.08 bits per heavy atom. The normalized spacial score (nSPS) is 25.8. The molecule has 0 saturated heterocycles. The van der Waals surface area contributed by atoms with Crippen molar-refractivity contribution < 1.29 is 9.90 Å². The predicted molar refractivity (Wildman–Crippen MR) is 103 cm³/mol. The van der Waals surface area contributed by atoms with E-state index in [2.05, 4.69) is 23.3 Å². The molecule has 1 atom stereocenters. The zero-order chi connectivity index (χ0) is 18.4. The Hall–Kier alpha value is -1.78. The Balaban J connectivity index is 1.80. The van der Waals surface area contributed by atoms with Crippen LogP contribution in [0.15, 0.2) is 36.5 Å². The molecule has 2 aliphatic rings. The van der Waals surface area contributed by atoms with E-state index in [1.807, 2.05) is 36.5 Å². The number of rotatable bonds is 3. The third-order valence-electron chi connectivity index (χ3n) is 5.76. The smallest absolute Gasteiger partial charge is 0.256 e. The molecular weight excluding hydrogens is 348 g/mol. The number of aliphatic hydroxyl groups is 1. The highest BCUT2D eigenvalue weighted by atomic mass is 35.5. The number of hydrogen-bond acceptors (Lipinski definition) is 2. The molecule has 4 rings (SSSR count). The van der Waals surface area contributed by atoms with E-state index in [0.29, 0.717) is 5.02 Å². The van der Waals surface area contributed by atoms with Gasteiger partial charge in [-0.25, -0.2) is 0 Å². The van der Waals surface area contributed by atoms with E-state index < -0.39 is 0 Å². The third-order valence-corrected chi connectivity index (χ3v) is 6.01. The standard InChI is InChI=1S/C21H25ClN2O2/c1-13(2)23-12-11-18-20(23)19(14-3-5-15(22)6-4-14)24(21(18)26)16-7-9-17(25)10-8-16/h3-6,11-13,16-17,19,25H,7-10H2,1-2H3. The van der Waals surface area contributed by atoms with Crippen molar-refractivity contribution in [2.75, 3.05) is 0 Å². The summed E-state index contributed by atoms with van der Waals surface area (Å²) in [5.74, 6) is 0.112. The molecule has 1 unspecified atom stereocenters. The molecular formula is C21H25ClN2O2. The van der Waals surface area contributed by atoms with Gasteiger partial charge in [0.15, 0.2) is 0 Å². The van der Waals surface area contributed by atoms with Gasteiger partial charge in [-0.15, -0.1) is 0 Å². The molecule has 2 aromatic rings. The van der Waals surface area contributed by atoms with Crippen molar-refractivity contribution in [1.29, 1.82) is 0 Å². The first-order chi connectivity index (χ1) is 12.5. The highest BCUT2D eigenvalue weighted by molar-refractivity contribution is 6.30. The summed E-state index contributed by atoms with van der Waals surface area (Å²) in [6, 6.07) is 10.2. The van der Waals surface area contributed by atoms with Gasteiger partial charge < -0.3 is 14.6 Å². The van der Waals surface area contributed by atoms with E-state index in [4.69, 9.17) is 11.6 Å². The van der Waals surface area contributed by atoms with Crippen LogP contribution >= 0.6 is 11.6 Å². The molecule has 4 nitrogen and oxygen atoms in total. The molecule has 1 amide bonds. The van der Waals surface area contributed by atoms with Gasteiger partial charge in [-0.05, 0) is 63.3 Å². The van der Waals surface area contributed by atoms with E-state index in [0.717, 1.165) is 42.5 Å². The lowest BCUT2D eigenvalue weighted by Gasteiger charge is -2.38. The van der Waals surface area contributed by atoms with Gasteiger partial charge in [-0.3, -0.25) is 4.79 Å². The predicted octanol–water partition coefficient (Wildman–Crippen LogP) is 4.57. The number of fused-ring (bicyclic) bond motifs is 1. The van der Waals surface area contributed by atoms with Crippen molar-refractivity contribution in [2.24, 2.45) is 0 Å². The van der Waals surface area contributed by atoms with Crippen LogP contribution in [0.25, 0.3) is 0 Å². The van der Waals surface area contributed by atoms with Crippen molar-refractivity contribution in [1.82, 2.24) is 9.47 Å². The van der Waals surface area contributed by atoms with Crippen LogP contribution in [0.5, 0.6) is 0 Å². The minimum atomic E-state index is -0.232. The molecule has 2 heterocycles. The zero-order valence-corrected chi connectivity index (χ0v) is 16.0. The van der Waals surface area contributed by atoms with Gasteiger partial charge in [0.2, 0.25) is 0 Å². The zero-order valence-electron chi connectivity index (χ0n) is 15.2. The number of carbonyl (C=O) groups excluding carboxylic acids is 1. The average Bonchev–Trinajstić information content (AvgIpc) is 3.16. The summed E-state index contributed by atoms with van der Waals surface area (Å²) < 4.78 is 2.21. The van der Waals surface area contributed by atoms with Crippen LogP contribution in [0.2, 0.25) is 5.02 Å². The molecule has 1 aromatic carbocycles. The lowest BCUT2D eigenvalue weighted by atomic mass is 9.90. The largest absolute Gasteiger partial charge is 0.393 e. The fraction of sp³-hybridized carbons (Fsp3) is 0.476. The summed E-state index contributed by atoms with van der Waals surface area (Å²) in [5, 5.41) is 10.6. The SMILES string of the molecule is CC(C)n1ccc2c1C(c1ccc(Cl)cc1)N(C1CCC(O)CC1)C2=O. The first-order valence-corrected chi connectivity index (χ1v) is 9.82. The highest BCUT2D eigenvalue weighted by Gasteiger charge is 2.44. The fourth-order valence-corrected chi connectivity index (χ4v) is 4.57. The number of aromatic nitrogens is 1. The maximum absolute atomic E-state index is 13.3. The summed E-state index contributed by atoms with van der Waals surface area (Å²) in [5.41, 5.74) is 2.98. The number of nitrogens with zero attached hydrogens (tertiary/aromatic N) is 2. The minimum absolute atomic E-state index is 0.0904. The molecule has 138 valence electrons. The first kappa shape index (κ1) is 17.6. The lowest BCUT2D eigenvalue weighted by molar-refractivity contribution is 0.0457. The highest BCUT2D eigenvalue weighted by Crippen LogP contribution is 2.44. The second-order valence-electron chi connectivity index (χ2n) is 7.74. The molecule has 26 heavy (non-hydrogen) atoms. The molecule has 1 fully saturated rings. The van der Waals surface area contributed by atoms with E-state index in [-0.39, 0.29) is 30.1 Å². The number of hydrogen-bond donors (Lipinski definition) is 1. The van der Waals surface area contributed by atoms with E-state index >= 15 is 0 Å². The first-order valence-electron chi connectivity index (χ1n) is 9.44. The van der Waals surface area contributed by atoms with E-state index in [9.17, 15) is 9.90 Å². The van der Waals surface area contributed by atoms with Crippen LogP contribution in [0, 0.1) is 0 Å². The molecule has 1 aliphatic heterocycles. The van der Waals surface area contributed by atoms with Crippen LogP contribution in [0.1, 0.15) is 73.2 Å². The topological polar surface area (TPSA) is 45.5 Å². The van der Waals surface area contributed by atoms with Gasteiger partial charge in [-0.1, -0.05) is 23.7 Å². The van der Waals surface area contributed by atoms with Crippen LogP contribution < -0.4 is 0 Å². The molecule has 5 heteroatoms. The second-order valence-corrected chi connectivity index (χ2v) is 8.18. The van der Waals surface area contributed by atoms with Crippen LogP contribution in [0.4, 0.5) is 0 Å². The molecule has 0 bridgehead atoms. The summed E-state index contributed by atoms with van der Waals surface area (Å²) in [6.07, 6.45) is 5.01. The van der Waals surface area contributed by atoms with Crippen molar-refractivity contribution in [3.63, 3.8) is 0 Å². The monoisotopic (exact) mass is 372 g/mol. The summed E-state index contributed by atoms with van der Waals surface area (Å²) >= 11 is 6.10. The molecule has 0 spiro atoms. The lowest BCUT2D eigenvalue weighted by Crippen LogP contribution is -2.42. The Labute approximate surface area is 159 Å². The summed E-state index contributed by atoms with van der Waals surface area (Å²) in [4.78, 5) is 15.3.